The van der Waals surface area contributed by atoms with Crippen molar-refractivity contribution < 1.29 is 23.8 Å². The van der Waals surface area contributed by atoms with Crippen LogP contribution >= 0.6 is 50.5 Å². The summed E-state index contributed by atoms with van der Waals surface area (Å²) in [6.45, 7) is 0. The Morgan fingerprint density at radius 3 is 2.61 bits per heavy atom. The van der Waals surface area contributed by atoms with Crippen LogP contribution < -0.4 is 9.47 Å². The lowest BCUT2D eigenvalue weighted by molar-refractivity contribution is -0.129. The second-order valence-corrected chi connectivity index (χ2v) is 10.3. The van der Waals surface area contributed by atoms with Gasteiger partial charge in [0.15, 0.2) is 5.70 Å². The number of hydrogen-bond donors (Lipinski definition) is 0. The van der Waals surface area contributed by atoms with Gasteiger partial charge in [-0.15, -0.1) is 11.3 Å². The van der Waals surface area contributed by atoms with Gasteiger partial charge in [-0.2, -0.15) is 0 Å². The lowest BCUT2D eigenvalue weighted by Gasteiger charge is -2.09. The Morgan fingerprint density at radius 1 is 1.08 bits per heavy atom. The third kappa shape index (κ3) is 4.90. The van der Waals surface area contributed by atoms with Crippen LogP contribution in [0.5, 0.6) is 11.5 Å². The Morgan fingerprint density at radius 2 is 1.86 bits per heavy atom. The Kier molecular flexibility index (Phi) is 6.85. The number of thiophene rings is 1. The third-order valence-corrected chi connectivity index (χ3v) is 7.57. The van der Waals surface area contributed by atoms with Gasteiger partial charge in [-0.05, 0) is 60.7 Å². The Bertz CT molecular complexity index is 1590. The van der Waals surface area contributed by atoms with E-state index in [0.29, 0.717) is 31.8 Å². The molecule has 0 atom stereocenters. The predicted molar refractivity (Wildman–Crippen MR) is 145 cm³/mol. The smallest absolute Gasteiger partial charge is 0.363 e. The largest absolute Gasteiger partial charge is 0.497 e. The highest BCUT2D eigenvalue weighted by Gasteiger charge is 2.28. The molecule has 0 spiro atoms. The number of methoxy groups -OCH3 is 1. The Hall–Kier alpha value is -3.17. The highest BCUT2D eigenvalue weighted by atomic mass is 79.9. The normalized spacial score (nSPS) is 14.2. The molecule has 0 saturated carbocycles. The molecule has 3 aromatic carbocycles. The number of hydrogen-bond acceptors (Lipinski definition) is 7. The van der Waals surface area contributed by atoms with E-state index >= 15 is 0 Å². The summed E-state index contributed by atoms with van der Waals surface area (Å²) in [5.41, 5.74) is 0.839. The summed E-state index contributed by atoms with van der Waals surface area (Å²) in [4.78, 5) is 30.2. The van der Waals surface area contributed by atoms with Gasteiger partial charge in [-0.1, -0.05) is 45.2 Å². The molecule has 0 aliphatic carbocycles. The number of nitrogens with zero attached hydrogens (tertiary/aromatic N) is 1. The number of carbonyl (C=O) groups is 2. The maximum atomic E-state index is 12.7. The third-order valence-electron chi connectivity index (χ3n) is 5.20. The van der Waals surface area contributed by atoms with Crippen LogP contribution in [-0.4, -0.2) is 24.9 Å². The zero-order valence-corrected chi connectivity index (χ0v) is 22.3. The number of halogens is 3. The van der Waals surface area contributed by atoms with Crippen molar-refractivity contribution in [2.24, 2.45) is 4.99 Å². The molecular formula is C26H14BrCl2NO5S. The summed E-state index contributed by atoms with van der Waals surface area (Å²) in [6, 6.07) is 16.9. The summed E-state index contributed by atoms with van der Waals surface area (Å²) in [6.07, 6.45) is 1.49. The zero-order chi connectivity index (χ0) is 25.4. The molecule has 0 amide bonds. The molecule has 1 aromatic heterocycles. The number of rotatable bonds is 5. The Labute approximate surface area is 227 Å². The van der Waals surface area contributed by atoms with Crippen LogP contribution in [0.25, 0.3) is 16.2 Å². The predicted octanol–water partition coefficient (Wildman–Crippen LogP) is 7.54. The lowest BCUT2D eigenvalue weighted by atomic mass is 10.1. The van der Waals surface area contributed by atoms with Crippen LogP contribution in [0.3, 0.4) is 0 Å². The van der Waals surface area contributed by atoms with Crippen molar-refractivity contribution in [1.82, 2.24) is 0 Å². The zero-order valence-electron chi connectivity index (χ0n) is 18.4. The monoisotopic (exact) mass is 601 g/mol. The van der Waals surface area contributed by atoms with Crippen molar-refractivity contribution in [3.63, 3.8) is 0 Å². The highest BCUT2D eigenvalue weighted by molar-refractivity contribution is 9.10. The van der Waals surface area contributed by atoms with Gasteiger partial charge in [0.25, 0.3) is 0 Å². The van der Waals surface area contributed by atoms with Crippen LogP contribution in [0.1, 0.15) is 20.8 Å². The van der Waals surface area contributed by atoms with E-state index < -0.39 is 11.9 Å². The van der Waals surface area contributed by atoms with Gasteiger partial charge in [-0.25, -0.2) is 14.6 Å². The first kappa shape index (κ1) is 24.5. The number of fused-ring (bicyclic) bond motifs is 1. The molecule has 0 radical (unpaired) electrons. The minimum atomic E-state index is -0.649. The number of carbonyl (C=O) groups excluding carboxylic acids is 2. The fraction of sp³-hybridized carbons (Fsp3) is 0.0385. The number of benzene rings is 3. The molecule has 4 aromatic rings. The highest BCUT2D eigenvalue weighted by Crippen LogP contribution is 2.39. The molecular weight excluding hydrogens is 589 g/mol. The molecule has 1 aliphatic heterocycles. The molecule has 36 heavy (non-hydrogen) atoms. The number of ether oxygens (including phenoxy) is 3. The average molecular weight is 603 g/mol. The summed E-state index contributed by atoms with van der Waals surface area (Å²) in [7, 11) is 1.54. The van der Waals surface area contributed by atoms with Crippen molar-refractivity contribution in [2.75, 3.05) is 7.11 Å². The van der Waals surface area contributed by atoms with Crippen molar-refractivity contribution >= 4 is 84.5 Å². The molecule has 0 N–H and O–H groups in total. The molecule has 0 unspecified atom stereocenters. The van der Waals surface area contributed by atoms with Gasteiger partial charge >= 0.3 is 11.9 Å². The molecule has 5 rings (SSSR count). The first-order valence-electron chi connectivity index (χ1n) is 10.4. The number of aliphatic imine (C=N–C) groups is 1. The van der Waals surface area contributed by atoms with E-state index in [1.165, 1.54) is 17.4 Å². The molecule has 0 fully saturated rings. The Balaban J connectivity index is 1.47. The summed E-state index contributed by atoms with van der Waals surface area (Å²) < 4.78 is 17.7. The van der Waals surface area contributed by atoms with E-state index in [4.69, 9.17) is 37.4 Å². The van der Waals surface area contributed by atoms with Crippen LogP contribution in [0.4, 0.5) is 0 Å². The van der Waals surface area contributed by atoms with Crippen molar-refractivity contribution in [3.8, 4) is 11.5 Å². The first-order valence-corrected chi connectivity index (χ1v) is 12.7. The topological polar surface area (TPSA) is 74.2 Å². The second kappa shape index (κ2) is 10.1. The lowest BCUT2D eigenvalue weighted by Crippen LogP contribution is -2.09. The molecule has 0 saturated heterocycles. The van der Waals surface area contributed by atoms with Crippen LogP contribution in [0.2, 0.25) is 10.0 Å². The minimum absolute atomic E-state index is 0.0383. The summed E-state index contributed by atoms with van der Waals surface area (Å²) >= 11 is 17.3. The average Bonchev–Trinajstić information content (AvgIpc) is 3.39. The first-order chi connectivity index (χ1) is 17.3. The van der Waals surface area contributed by atoms with E-state index in [1.807, 2.05) is 0 Å². The van der Waals surface area contributed by atoms with Gasteiger partial charge < -0.3 is 14.2 Å². The van der Waals surface area contributed by atoms with Crippen LogP contribution in [0.15, 0.2) is 75.8 Å². The van der Waals surface area contributed by atoms with E-state index in [0.717, 1.165) is 14.6 Å². The van der Waals surface area contributed by atoms with Gasteiger partial charge in [0, 0.05) is 25.1 Å². The molecule has 1 aliphatic rings. The molecule has 180 valence electrons. The molecule has 2 heterocycles. The van der Waals surface area contributed by atoms with E-state index in [2.05, 4.69) is 20.9 Å². The minimum Gasteiger partial charge on any atom is -0.497 e. The van der Waals surface area contributed by atoms with Gasteiger partial charge in [0.05, 0.1) is 17.7 Å². The molecule has 10 heteroatoms. The van der Waals surface area contributed by atoms with Gasteiger partial charge in [0.2, 0.25) is 5.90 Å². The standard InChI is InChI=1S/C26H14BrCl2NO5S/c1-33-17-6-2-13(3-7-17)25(31)34-20-9-4-15(27)10-14(20)11-19-26(32)35-24(30-19)23-22(29)18-8-5-16(28)12-21(18)36-23/h2-12H,1H3/b19-11+. The maximum Gasteiger partial charge on any atom is 0.363 e. The van der Waals surface area contributed by atoms with Crippen molar-refractivity contribution in [1.29, 1.82) is 0 Å². The molecule has 0 bridgehead atoms. The van der Waals surface area contributed by atoms with E-state index in [-0.39, 0.29) is 17.3 Å². The number of esters is 2. The van der Waals surface area contributed by atoms with Crippen LogP contribution in [0, 0.1) is 0 Å². The summed E-state index contributed by atoms with van der Waals surface area (Å²) in [5, 5.41) is 1.79. The van der Waals surface area contributed by atoms with Crippen LogP contribution in [-0.2, 0) is 9.53 Å². The van der Waals surface area contributed by atoms with Crippen molar-refractivity contribution in [3.05, 3.63) is 96.9 Å². The maximum absolute atomic E-state index is 12.7. The quantitative estimate of drug-likeness (QED) is 0.134. The SMILES string of the molecule is COc1ccc(C(=O)Oc2ccc(Br)cc2/C=C2/N=C(c3sc4cc(Cl)ccc4c3Cl)OC2=O)cc1. The summed E-state index contributed by atoms with van der Waals surface area (Å²) in [5.74, 6) is -0.244. The fourth-order valence-electron chi connectivity index (χ4n) is 3.44. The van der Waals surface area contributed by atoms with E-state index in [9.17, 15) is 9.59 Å². The van der Waals surface area contributed by atoms with Gasteiger partial charge in [0.1, 0.15) is 16.4 Å². The fourth-order valence-corrected chi connectivity index (χ4v) is 5.53. The van der Waals surface area contributed by atoms with Crippen molar-refractivity contribution in [2.45, 2.75) is 0 Å². The second-order valence-electron chi connectivity index (χ2n) is 7.52. The molecule has 6 nitrogen and oxygen atoms in total. The number of cyclic esters (lactones) is 1. The van der Waals surface area contributed by atoms with E-state index in [1.54, 1.807) is 67.8 Å². The van der Waals surface area contributed by atoms with Gasteiger partial charge in [-0.3, -0.25) is 0 Å².